The molecule has 0 bridgehead atoms. The van der Waals surface area contributed by atoms with Gasteiger partial charge in [0.1, 0.15) is 23.6 Å². The van der Waals surface area contributed by atoms with E-state index >= 15 is 0 Å². The van der Waals surface area contributed by atoms with E-state index in [1.165, 1.54) is 12.1 Å². The zero-order chi connectivity index (χ0) is 16.5. The minimum atomic E-state index is -0.214. The van der Waals surface area contributed by atoms with Crippen LogP contribution < -0.4 is 15.8 Å². The summed E-state index contributed by atoms with van der Waals surface area (Å²) in [4.78, 5) is 13.9. The highest BCUT2D eigenvalue weighted by Gasteiger charge is 2.29. The second-order valence-electron chi connectivity index (χ2n) is 6.13. The summed E-state index contributed by atoms with van der Waals surface area (Å²) in [7, 11) is 2.04. The van der Waals surface area contributed by atoms with Gasteiger partial charge in [0.25, 0.3) is 0 Å². The van der Waals surface area contributed by atoms with E-state index in [1.807, 2.05) is 31.4 Å². The molecule has 1 fully saturated rings. The molecule has 4 rings (SSSR count). The highest BCUT2D eigenvalue weighted by atomic mass is 19.1. The Labute approximate surface area is 139 Å². The first kappa shape index (κ1) is 15.0. The van der Waals surface area contributed by atoms with Gasteiger partial charge in [-0.1, -0.05) is 12.1 Å². The van der Waals surface area contributed by atoms with Gasteiger partial charge < -0.3 is 9.88 Å². The smallest absolute Gasteiger partial charge is 0.142 e. The van der Waals surface area contributed by atoms with E-state index in [9.17, 15) is 4.39 Å². The van der Waals surface area contributed by atoms with E-state index in [0.29, 0.717) is 5.92 Å². The van der Waals surface area contributed by atoms with Gasteiger partial charge >= 0.3 is 0 Å². The van der Waals surface area contributed by atoms with Crippen molar-refractivity contribution in [3.63, 3.8) is 0 Å². The summed E-state index contributed by atoms with van der Waals surface area (Å²) in [5.41, 5.74) is 8.42. The Balaban J connectivity index is 1.55. The number of hydrazine groups is 1. The van der Waals surface area contributed by atoms with Crippen LogP contribution in [-0.2, 0) is 0 Å². The van der Waals surface area contributed by atoms with Gasteiger partial charge in [-0.15, -0.1) is 0 Å². The van der Waals surface area contributed by atoms with Crippen LogP contribution in [0.1, 0.15) is 11.6 Å². The molecule has 0 amide bonds. The number of aromatic nitrogens is 3. The summed E-state index contributed by atoms with van der Waals surface area (Å²) in [6, 6.07) is 8.80. The zero-order valence-corrected chi connectivity index (χ0v) is 13.3. The van der Waals surface area contributed by atoms with Crippen molar-refractivity contribution >= 4 is 16.9 Å². The van der Waals surface area contributed by atoms with Crippen molar-refractivity contribution in [2.75, 3.05) is 25.0 Å². The van der Waals surface area contributed by atoms with Gasteiger partial charge in [0.15, 0.2) is 0 Å². The lowest BCUT2D eigenvalue weighted by molar-refractivity contribution is 0.474. The third-order valence-corrected chi connectivity index (χ3v) is 4.53. The molecule has 24 heavy (non-hydrogen) atoms. The monoisotopic (exact) mass is 326 g/mol. The Kier molecular flexibility index (Phi) is 3.87. The van der Waals surface area contributed by atoms with E-state index in [4.69, 9.17) is 0 Å². The van der Waals surface area contributed by atoms with Crippen molar-refractivity contribution in [3.8, 4) is 0 Å². The number of halogens is 1. The van der Waals surface area contributed by atoms with Crippen LogP contribution in [0.3, 0.4) is 0 Å². The zero-order valence-electron chi connectivity index (χ0n) is 13.3. The van der Waals surface area contributed by atoms with Crippen LogP contribution in [0.15, 0.2) is 42.9 Å². The molecule has 1 aliphatic heterocycles. The summed E-state index contributed by atoms with van der Waals surface area (Å²) in [6.07, 6.45) is 3.45. The fraction of sp³-hybridized carbons (Fsp3) is 0.294. The number of fused-ring (bicyclic) bond motifs is 1. The van der Waals surface area contributed by atoms with E-state index in [-0.39, 0.29) is 11.9 Å². The van der Waals surface area contributed by atoms with Crippen LogP contribution in [0.2, 0.25) is 0 Å². The SMILES string of the molecule is CN(CC1CNNC1c1ccc(F)cc1)c1ncnc2[nH]ccc12. The number of aromatic amines is 1. The molecule has 0 spiro atoms. The summed E-state index contributed by atoms with van der Waals surface area (Å²) >= 11 is 0. The summed E-state index contributed by atoms with van der Waals surface area (Å²) < 4.78 is 13.2. The number of H-pyrrole nitrogens is 1. The first-order valence-corrected chi connectivity index (χ1v) is 7.95. The molecule has 1 saturated heterocycles. The maximum Gasteiger partial charge on any atom is 0.142 e. The van der Waals surface area contributed by atoms with Crippen LogP contribution in [0.4, 0.5) is 10.2 Å². The van der Waals surface area contributed by atoms with Gasteiger partial charge in [0, 0.05) is 32.3 Å². The normalized spacial score (nSPS) is 20.6. The van der Waals surface area contributed by atoms with Crippen LogP contribution >= 0.6 is 0 Å². The number of hydrogen-bond donors (Lipinski definition) is 3. The number of hydrogen-bond acceptors (Lipinski definition) is 5. The van der Waals surface area contributed by atoms with Gasteiger partial charge in [0.2, 0.25) is 0 Å². The minimum Gasteiger partial charge on any atom is -0.359 e. The highest BCUT2D eigenvalue weighted by Crippen LogP contribution is 2.28. The topological polar surface area (TPSA) is 68.9 Å². The molecule has 3 N–H and O–H groups in total. The Bertz CT molecular complexity index is 830. The third-order valence-electron chi connectivity index (χ3n) is 4.53. The molecule has 1 aromatic carbocycles. The molecule has 1 aliphatic rings. The fourth-order valence-electron chi connectivity index (χ4n) is 3.33. The molecular weight excluding hydrogens is 307 g/mol. The van der Waals surface area contributed by atoms with Crippen molar-refractivity contribution in [3.05, 3.63) is 54.2 Å². The molecule has 0 radical (unpaired) electrons. The van der Waals surface area contributed by atoms with Crippen LogP contribution in [0, 0.1) is 11.7 Å². The second-order valence-corrected chi connectivity index (χ2v) is 6.13. The summed E-state index contributed by atoms with van der Waals surface area (Å²) in [5.74, 6) is 1.03. The fourth-order valence-corrected chi connectivity index (χ4v) is 3.33. The van der Waals surface area contributed by atoms with Crippen LogP contribution in [0.5, 0.6) is 0 Å². The van der Waals surface area contributed by atoms with Crippen molar-refractivity contribution in [2.45, 2.75) is 6.04 Å². The third kappa shape index (κ3) is 2.72. The van der Waals surface area contributed by atoms with Gasteiger partial charge in [-0.25, -0.2) is 19.8 Å². The minimum absolute atomic E-state index is 0.136. The largest absolute Gasteiger partial charge is 0.359 e. The Morgan fingerprint density at radius 2 is 2.04 bits per heavy atom. The molecule has 2 aromatic heterocycles. The van der Waals surface area contributed by atoms with Crippen molar-refractivity contribution < 1.29 is 4.39 Å². The van der Waals surface area contributed by atoms with Crippen LogP contribution in [-0.4, -0.2) is 35.1 Å². The lowest BCUT2D eigenvalue weighted by Gasteiger charge is -2.26. The first-order chi connectivity index (χ1) is 11.7. The standard InChI is InChI=1S/C17H19FN6/c1-24(17-14-6-7-19-16(14)20-10-21-17)9-12-8-22-23-15(12)11-2-4-13(18)5-3-11/h2-7,10,12,15,22-23H,8-9H2,1H3,(H,19,20,21). The predicted octanol–water partition coefficient (Wildman–Crippen LogP) is 2.00. The maximum absolute atomic E-state index is 13.2. The molecule has 2 atom stereocenters. The summed E-state index contributed by atoms with van der Waals surface area (Å²) in [5, 5.41) is 1.01. The number of nitrogens with zero attached hydrogens (tertiary/aromatic N) is 3. The van der Waals surface area contributed by atoms with Gasteiger partial charge in [-0.05, 0) is 23.8 Å². The Morgan fingerprint density at radius 3 is 2.88 bits per heavy atom. The Hall–Kier alpha value is -2.51. The molecule has 0 saturated carbocycles. The van der Waals surface area contributed by atoms with Crippen LogP contribution in [0.25, 0.3) is 11.0 Å². The average molecular weight is 326 g/mol. The lowest BCUT2D eigenvalue weighted by Crippen LogP contribution is -2.31. The quantitative estimate of drug-likeness (QED) is 0.684. The number of nitrogens with one attached hydrogen (secondary N) is 3. The van der Waals surface area contributed by atoms with Crippen molar-refractivity contribution in [1.82, 2.24) is 25.8 Å². The molecule has 0 aliphatic carbocycles. The summed E-state index contributed by atoms with van der Waals surface area (Å²) in [6.45, 7) is 1.66. The number of benzene rings is 1. The molecule has 3 aromatic rings. The second kappa shape index (κ2) is 6.18. The maximum atomic E-state index is 13.2. The van der Waals surface area contributed by atoms with Crippen molar-refractivity contribution in [1.29, 1.82) is 0 Å². The predicted molar refractivity (Wildman–Crippen MR) is 90.9 cm³/mol. The van der Waals surface area contributed by atoms with E-state index in [2.05, 4.69) is 30.7 Å². The molecule has 6 nitrogen and oxygen atoms in total. The number of anilines is 1. The number of rotatable bonds is 4. The molecule has 3 heterocycles. The van der Waals surface area contributed by atoms with Gasteiger partial charge in [-0.3, -0.25) is 5.43 Å². The molecule has 124 valence electrons. The first-order valence-electron chi connectivity index (χ1n) is 7.95. The highest BCUT2D eigenvalue weighted by molar-refractivity contribution is 5.87. The van der Waals surface area contributed by atoms with E-state index < -0.39 is 0 Å². The molecular formula is C17H19FN6. The Morgan fingerprint density at radius 1 is 1.21 bits per heavy atom. The molecule has 7 heteroatoms. The molecule has 2 unspecified atom stereocenters. The van der Waals surface area contributed by atoms with Gasteiger partial charge in [-0.2, -0.15) is 0 Å². The van der Waals surface area contributed by atoms with Gasteiger partial charge in [0.05, 0.1) is 11.4 Å². The average Bonchev–Trinajstić information content (AvgIpc) is 3.24. The lowest BCUT2D eigenvalue weighted by atomic mass is 9.94. The van der Waals surface area contributed by atoms with E-state index in [0.717, 1.165) is 35.5 Å². The van der Waals surface area contributed by atoms with E-state index in [1.54, 1.807) is 6.33 Å². The van der Waals surface area contributed by atoms with Crippen molar-refractivity contribution in [2.24, 2.45) is 5.92 Å².